The minimum atomic E-state index is -0.692. The summed E-state index contributed by atoms with van der Waals surface area (Å²) in [5.41, 5.74) is 1.88. The molecule has 0 aliphatic carbocycles. The molecule has 0 unspecified atom stereocenters. The van der Waals surface area contributed by atoms with Gasteiger partial charge in [-0.25, -0.2) is 4.79 Å². The standard InChI is InChI=1S/C18H15IN4O3/c1-12-17(22-23(21-12)15-8-3-2-4-9-15)18(25)26-11-16(24)20-14-7-5-6-13(19)10-14/h2-10H,11H2,1H3,(H,20,24). The van der Waals surface area contributed by atoms with E-state index in [0.717, 1.165) is 9.26 Å². The van der Waals surface area contributed by atoms with E-state index in [4.69, 9.17) is 4.74 Å². The quantitative estimate of drug-likeness (QED) is 0.466. The van der Waals surface area contributed by atoms with Crippen LogP contribution in [0.5, 0.6) is 0 Å². The van der Waals surface area contributed by atoms with Gasteiger partial charge >= 0.3 is 5.97 Å². The number of rotatable bonds is 5. The fraction of sp³-hybridized carbons (Fsp3) is 0.111. The summed E-state index contributed by atoms with van der Waals surface area (Å²) in [7, 11) is 0. The molecule has 0 saturated heterocycles. The number of esters is 1. The van der Waals surface area contributed by atoms with E-state index in [1.54, 1.807) is 13.0 Å². The Kier molecular flexibility index (Phi) is 5.61. The zero-order valence-electron chi connectivity index (χ0n) is 13.8. The Bertz CT molecular complexity index is 941. The van der Waals surface area contributed by atoms with Gasteiger partial charge in [-0.05, 0) is 59.8 Å². The number of nitrogens with zero attached hydrogens (tertiary/aromatic N) is 3. The van der Waals surface area contributed by atoms with Gasteiger partial charge in [-0.1, -0.05) is 24.3 Å². The highest BCUT2D eigenvalue weighted by atomic mass is 127. The second-order valence-corrected chi connectivity index (χ2v) is 6.64. The van der Waals surface area contributed by atoms with Crippen LogP contribution in [0.1, 0.15) is 16.2 Å². The average Bonchev–Trinajstić information content (AvgIpc) is 3.02. The van der Waals surface area contributed by atoms with Crippen LogP contribution in [0.4, 0.5) is 5.69 Å². The first-order valence-electron chi connectivity index (χ1n) is 7.75. The number of benzene rings is 2. The van der Waals surface area contributed by atoms with Crippen molar-refractivity contribution in [2.45, 2.75) is 6.92 Å². The maximum Gasteiger partial charge on any atom is 0.361 e. The molecule has 0 fully saturated rings. The van der Waals surface area contributed by atoms with Crippen LogP contribution >= 0.6 is 22.6 Å². The van der Waals surface area contributed by atoms with Gasteiger partial charge in [0.1, 0.15) is 0 Å². The summed E-state index contributed by atoms with van der Waals surface area (Å²) in [5, 5.41) is 11.0. The number of aryl methyl sites for hydroxylation is 1. The molecule has 0 atom stereocenters. The molecule has 26 heavy (non-hydrogen) atoms. The lowest BCUT2D eigenvalue weighted by Gasteiger charge is -2.06. The van der Waals surface area contributed by atoms with Crippen molar-refractivity contribution < 1.29 is 14.3 Å². The number of nitrogens with one attached hydrogen (secondary N) is 1. The van der Waals surface area contributed by atoms with E-state index in [0.29, 0.717) is 11.4 Å². The van der Waals surface area contributed by atoms with Gasteiger partial charge in [0.25, 0.3) is 5.91 Å². The highest BCUT2D eigenvalue weighted by Crippen LogP contribution is 2.12. The molecule has 8 heteroatoms. The third-order valence-corrected chi connectivity index (χ3v) is 4.08. The van der Waals surface area contributed by atoms with Gasteiger partial charge in [0.2, 0.25) is 0 Å². The van der Waals surface area contributed by atoms with Crippen molar-refractivity contribution in [3.05, 3.63) is 69.6 Å². The van der Waals surface area contributed by atoms with E-state index < -0.39 is 18.5 Å². The molecule has 0 spiro atoms. The minimum absolute atomic E-state index is 0.0795. The first-order chi connectivity index (χ1) is 12.5. The Morgan fingerprint density at radius 3 is 2.62 bits per heavy atom. The second kappa shape index (κ2) is 8.09. The number of amides is 1. The van der Waals surface area contributed by atoms with E-state index in [-0.39, 0.29) is 5.69 Å². The molecule has 3 rings (SSSR count). The van der Waals surface area contributed by atoms with Crippen LogP contribution in [0.3, 0.4) is 0 Å². The predicted octanol–water partition coefficient (Wildman–Crippen LogP) is 2.98. The van der Waals surface area contributed by atoms with Crippen LogP contribution in [0, 0.1) is 10.5 Å². The van der Waals surface area contributed by atoms with Crippen LogP contribution in [-0.4, -0.2) is 33.5 Å². The second-order valence-electron chi connectivity index (χ2n) is 5.39. The van der Waals surface area contributed by atoms with Crippen molar-refractivity contribution in [2.24, 2.45) is 0 Å². The summed E-state index contributed by atoms with van der Waals surface area (Å²) in [5.74, 6) is -1.11. The molecule has 3 aromatic rings. The van der Waals surface area contributed by atoms with Crippen LogP contribution in [0.2, 0.25) is 0 Å². The maximum absolute atomic E-state index is 12.2. The molecule has 1 heterocycles. The lowest BCUT2D eigenvalue weighted by Crippen LogP contribution is -2.21. The number of hydrogen-bond acceptors (Lipinski definition) is 5. The number of hydrogen-bond donors (Lipinski definition) is 1. The minimum Gasteiger partial charge on any atom is -0.451 e. The van der Waals surface area contributed by atoms with Crippen LogP contribution in [0.15, 0.2) is 54.6 Å². The van der Waals surface area contributed by atoms with E-state index in [1.165, 1.54) is 4.80 Å². The van der Waals surface area contributed by atoms with Crippen molar-refractivity contribution in [3.63, 3.8) is 0 Å². The molecule has 7 nitrogen and oxygen atoms in total. The zero-order chi connectivity index (χ0) is 18.5. The summed E-state index contributed by atoms with van der Waals surface area (Å²) in [6.45, 7) is 1.26. The molecule has 0 aliphatic rings. The van der Waals surface area contributed by atoms with Crippen molar-refractivity contribution in [1.29, 1.82) is 0 Å². The molecular formula is C18H15IN4O3. The largest absolute Gasteiger partial charge is 0.451 e. The van der Waals surface area contributed by atoms with Gasteiger partial charge in [0.15, 0.2) is 12.3 Å². The van der Waals surface area contributed by atoms with Gasteiger partial charge in [-0.15, -0.1) is 5.10 Å². The van der Waals surface area contributed by atoms with Crippen molar-refractivity contribution in [2.75, 3.05) is 11.9 Å². The number of aromatic nitrogens is 3. The third-order valence-electron chi connectivity index (χ3n) is 3.41. The molecule has 1 N–H and O–H groups in total. The van der Waals surface area contributed by atoms with Gasteiger partial charge in [-0.3, -0.25) is 4.79 Å². The fourth-order valence-corrected chi connectivity index (χ4v) is 2.75. The zero-order valence-corrected chi connectivity index (χ0v) is 16.0. The fourth-order valence-electron chi connectivity index (χ4n) is 2.21. The van der Waals surface area contributed by atoms with Crippen LogP contribution in [0.25, 0.3) is 5.69 Å². The number of carbonyl (C=O) groups is 2. The van der Waals surface area contributed by atoms with Gasteiger partial charge in [-0.2, -0.15) is 9.90 Å². The summed E-state index contributed by atoms with van der Waals surface area (Å²) in [4.78, 5) is 25.5. The molecule has 1 amide bonds. The lowest BCUT2D eigenvalue weighted by atomic mass is 10.3. The molecular weight excluding hydrogens is 447 g/mol. The van der Waals surface area contributed by atoms with Crippen molar-refractivity contribution in [1.82, 2.24) is 15.0 Å². The summed E-state index contributed by atoms with van der Waals surface area (Å²) >= 11 is 2.15. The topological polar surface area (TPSA) is 86.1 Å². The molecule has 0 saturated carbocycles. The molecule has 0 radical (unpaired) electrons. The number of anilines is 1. The number of halogens is 1. The van der Waals surface area contributed by atoms with Crippen LogP contribution in [-0.2, 0) is 9.53 Å². The molecule has 2 aromatic carbocycles. The van der Waals surface area contributed by atoms with E-state index in [2.05, 4.69) is 38.1 Å². The van der Waals surface area contributed by atoms with Crippen molar-refractivity contribution in [3.8, 4) is 5.69 Å². The smallest absolute Gasteiger partial charge is 0.361 e. The highest BCUT2D eigenvalue weighted by Gasteiger charge is 2.19. The molecule has 0 bridgehead atoms. The third kappa shape index (κ3) is 4.45. The Labute approximate surface area is 163 Å². The molecule has 132 valence electrons. The highest BCUT2D eigenvalue weighted by molar-refractivity contribution is 14.1. The number of para-hydroxylation sites is 1. The van der Waals surface area contributed by atoms with E-state index in [9.17, 15) is 9.59 Å². The van der Waals surface area contributed by atoms with Crippen LogP contribution < -0.4 is 5.32 Å². The number of carbonyl (C=O) groups excluding carboxylic acids is 2. The monoisotopic (exact) mass is 462 g/mol. The summed E-state index contributed by atoms with van der Waals surface area (Å²) in [6, 6.07) is 16.5. The van der Waals surface area contributed by atoms with Gasteiger partial charge in [0.05, 0.1) is 11.4 Å². The Morgan fingerprint density at radius 2 is 1.88 bits per heavy atom. The predicted molar refractivity (Wildman–Crippen MR) is 104 cm³/mol. The van der Waals surface area contributed by atoms with Crippen molar-refractivity contribution >= 4 is 40.2 Å². The first kappa shape index (κ1) is 18.1. The van der Waals surface area contributed by atoms with Gasteiger partial charge < -0.3 is 10.1 Å². The normalized spacial score (nSPS) is 10.4. The van der Waals surface area contributed by atoms with E-state index in [1.807, 2.05) is 48.5 Å². The Balaban J connectivity index is 1.61. The Hall–Kier alpha value is -2.75. The molecule has 0 aliphatic heterocycles. The average molecular weight is 462 g/mol. The summed E-state index contributed by atoms with van der Waals surface area (Å²) < 4.78 is 6.04. The maximum atomic E-state index is 12.2. The lowest BCUT2D eigenvalue weighted by molar-refractivity contribution is -0.119. The van der Waals surface area contributed by atoms with Gasteiger partial charge in [0, 0.05) is 9.26 Å². The SMILES string of the molecule is Cc1nn(-c2ccccc2)nc1C(=O)OCC(=O)Nc1cccc(I)c1. The first-order valence-corrected chi connectivity index (χ1v) is 8.83. The molecule has 1 aromatic heterocycles. The Morgan fingerprint density at radius 1 is 1.12 bits per heavy atom. The summed E-state index contributed by atoms with van der Waals surface area (Å²) in [6.07, 6.45) is 0. The number of ether oxygens (including phenoxy) is 1. The van der Waals surface area contributed by atoms with E-state index >= 15 is 0 Å².